The topological polar surface area (TPSA) is 38.0 Å². The summed E-state index contributed by atoms with van der Waals surface area (Å²) in [5.74, 6) is 5.68. The van der Waals surface area contributed by atoms with Gasteiger partial charge < -0.3 is 0 Å². The Kier molecular flexibility index (Phi) is 5.06. The van der Waals surface area contributed by atoms with Crippen LogP contribution in [0.5, 0.6) is 0 Å². The summed E-state index contributed by atoms with van der Waals surface area (Å²) in [6.45, 7) is 4.00. The lowest BCUT2D eigenvalue weighted by molar-refractivity contribution is 0.552. The zero-order valence-corrected chi connectivity index (χ0v) is 13.1. The fraction of sp³-hybridized carbons (Fsp3) is 0.250. The molecule has 0 saturated carbocycles. The number of rotatable bonds is 4. The molecular formula is C16H18Cl2N2. The van der Waals surface area contributed by atoms with Gasteiger partial charge in [-0.3, -0.25) is 11.3 Å². The zero-order valence-electron chi connectivity index (χ0n) is 11.6. The Morgan fingerprint density at radius 3 is 2.40 bits per heavy atom. The molecule has 2 aromatic rings. The number of hydrogen-bond acceptors (Lipinski definition) is 2. The summed E-state index contributed by atoms with van der Waals surface area (Å²) in [5.41, 5.74) is 7.16. The number of nitrogens with two attached hydrogens (primary N) is 1. The molecule has 1 atom stereocenters. The Labute approximate surface area is 129 Å². The van der Waals surface area contributed by atoms with Crippen LogP contribution in [0.1, 0.15) is 28.3 Å². The van der Waals surface area contributed by atoms with Gasteiger partial charge >= 0.3 is 0 Å². The van der Waals surface area contributed by atoms with Crippen LogP contribution in [-0.4, -0.2) is 0 Å². The lowest BCUT2D eigenvalue weighted by Gasteiger charge is -2.18. The van der Waals surface area contributed by atoms with Crippen molar-refractivity contribution >= 4 is 23.2 Å². The van der Waals surface area contributed by atoms with Gasteiger partial charge in [0.15, 0.2) is 0 Å². The minimum absolute atomic E-state index is 0.0201. The first kappa shape index (κ1) is 15.3. The normalized spacial score (nSPS) is 12.4. The van der Waals surface area contributed by atoms with Gasteiger partial charge in [-0.25, -0.2) is 0 Å². The van der Waals surface area contributed by atoms with Gasteiger partial charge in [-0.1, -0.05) is 47.5 Å². The molecule has 0 amide bonds. The molecule has 0 fully saturated rings. The lowest BCUT2D eigenvalue weighted by Crippen LogP contribution is -2.29. The number of hydrazine groups is 1. The summed E-state index contributed by atoms with van der Waals surface area (Å²) < 4.78 is 0. The molecule has 4 heteroatoms. The summed E-state index contributed by atoms with van der Waals surface area (Å²) in [4.78, 5) is 0. The van der Waals surface area contributed by atoms with E-state index in [9.17, 15) is 0 Å². The third kappa shape index (κ3) is 3.53. The number of nitrogens with one attached hydrogen (secondary N) is 1. The monoisotopic (exact) mass is 308 g/mol. The fourth-order valence-corrected chi connectivity index (χ4v) is 2.64. The predicted octanol–water partition coefficient (Wildman–Crippen LogP) is 4.36. The minimum atomic E-state index is -0.0201. The summed E-state index contributed by atoms with van der Waals surface area (Å²) in [6, 6.07) is 12.0. The summed E-state index contributed by atoms with van der Waals surface area (Å²) in [7, 11) is 0. The van der Waals surface area contributed by atoms with Crippen molar-refractivity contribution in [2.75, 3.05) is 0 Å². The van der Waals surface area contributed by atoms with Crippen molar-refractivity contribution in [1.29, 1.82) is 0 Å². The second kappa shape index (κ2) is 6.59. The lowest BCUT2D eigenvalue weighted by atomic mass is 9.98. The molecule has 3 N–H and O–H groups in total. The number of aryl methyl sites for hydroxylation is 2. The Balaban J connectivity index is 2.26. The van der Waals surface area contributed by atoms with Crippen LogP contribution < -0.4 is 11.3 Å². The zero-order chi connectivity index (χ0) is 14.7. The van der Waals surface area contributed by atoms with Crippen LogP contribution in [0.4, 0.5) is 0 Å². The minimum Gasteiger partial charge on any atom is -0.271 e. The second-order valence-electron chi connectivity index (χ2n) is 5.03. The third-order valence-electron chi connectivity index (χ3n) is 3.43. The van der Waals surface area contributed by atoms with Crippen LogP contribution in [0.2, 0.25) is 10.0 Å². The van der Waals surface area contributed by atoms with Gasteiger partial charge in [-0.15, -0.1) is 0 Å². The standard InChI is InChI=1S/C16H18Cl2N2/c1-10-3-5-12(15(18)7-10)9-16(20-19)13-6-4-11(2)14(17)8-13/h3-8,16,20H,9,19H2,1-2H3. The van der Waals surface area contributed by atoms with Gasteiger partial charge in [0.25, 0.3) is 0 Å². The van der Waals surface area contributed by atoms with Crippen molar-refractivity contribution in [2.45, 2.75) is 26.3 Å². The average Bonchev–Trinajstić information content (AvgIpc) is 2.41. The van der Waals surface area contributed by atoms with E-state index in [1.165, 1.54) is 0 Å². The highest BCUT2D eigenvalue weighted by Crippen LogP contribution is 2.26. The molecule has 106 valence electrons. The Morgan fingerprint density at radius 1 is 1.05 bits per heavy atom. The van der Waals surface area contributed by atoms with Crippen molar-refractivity contribution in [3.8, 4) is 0 Å². The molecule has 0 bridgehead atoms. The largest absolute Gasteiger partial charge is 0.271 e. The van der Waals surface area contributed by atoms with Crippen LogP contribution in [0.3, 0.4) is 0 Å². The van der Waals surface area contributed by atoms with Crippen molar-refractivity contribution in [2.24, 2.45) is 5.84 Å². The quantitative estimate of drug-likeness (QED) is 0.650. The van der Waals surface area contributed by atoms with E-state index in [1.54, 1.807) is 0 Å². The van der Waals surface area contributed by atoms with Gasteiger partial charge in [0.1, 0.15) is 0 Å². The van der Waals surface area contributed by atoms with Crippen LogP contribution in [-0.2, 0) is 6.42 Å². The number of halogens is 2. The second-order valence-corrected chi connectivity index (χ2v) is 5.84. The SMILES string of the molecule is Cc1ccc(CC(NN)c2ccc(C)c(Cl)c2)c(Cl)c1. The summed E-state index contributed by atoms with van der Waals surface area (Å²) in [5, 5.41) is 1.52. The first-order chi connectivity index (χ1) is 9.51. The van der Waals surface area contributed by atoms with Gasteiger partial charge in [-0.2, -0.15) is 0 Å². The molecule has 0 aromatic heterocycles. The van der Waals surface area contributed by atoms with Gasteiger partial charge in [0, 0.05) is 10.0 Å². The highest BCUT2D eigenvalue weighted by atomic mass is 35.5. The molecule has 0 saturated heterocycles. The highest BCUT2D eigenvalue weighted by molar-refractivity contribution is 6.31. The maximum absolute atomic E-state index is 6.28. The molecule has 0 radical (unpaired) electrons. The Morgan fingerprint density at radius 2 is 1.80 bits per heavy atom. The van der Waals surface area contributed by atoms with Crippen molar-refractivity contribution in [3.63, 3.8) is 0 Å². The van der Waals surface area contributed by atoms with Crippen molar-refractivity contribution in [1.82, 2.24) is 5.43 Å². The van der Waals surface area contributed by atoms with Gasteiger partial charge in [0.2, 0.25) is 0 Å². The molecule has 0 spiro atoms. The summed E-state index contributed by atoms with van der Waals surface area (Å²) in [6.07, 6.45) is 0.717. The highest BCUT2D eigenvalue weighted by Gasteiger charge is 2.13. The van der Waals surface area contributed by atoms with E-state index in [1.807, 2.05) is 44.2 Å². The average molecular weight is 309 g/mol. The van der Waals surface area contributed by atoms with Crippen LogP contribution in [0.25, 0.3) is 0 Å². The summed E-state index contributed by atoms with van der Waals surface area (Å²) >= 11 is 12.5. The first-order valence-electron chi connectivity index (χ1n) is 6.48. The molecule has 0 aliphatic rings. The van der Waals surface area contributed by atoms with E-state index in [2.05, 4.69) is 11.5 Å². The van der Waals surface area contributed by atoms with Gasteiger partial charge in [-0.05, 0) is 54.7 Å². The smallest absolute Gasteiger partial charge is 0.0501 e. The molecule has 0 aliphatic carbocycles. The Hall–Kier alpha value is -1.06. The number of hydrogen-bond donors (Lipinski definition) is 2. The maximum Gasteiger partial charge on any atom is 0.0501 e. The number of benzene rings is 2. The van der Waals surface area contributed by atoms with Crippen LogP contribution >= 0.6 is 23.2 Å². The molecule has 2 nitrogen and oxygen atoms in total. The van der Waals surface area contributed by atoms with E-state index < -0.39 is 0 Å². The van der Waals surface area contributed by atoms with Gasteiger partial charge in [0.05, 0.1) is 6.04 Å². The van der Waals surface area contributed by atoms with Crippen LogP contribution in [0, 0.1) is 13.8 Å². The molecular weight excluding hydrogens is 291 g/mol. The van der Waals surface area contributed by atoms with Crippen molar-refractivity contribution < 1.29 is 0 Å². The molecule has 2 aromatic carbocycles. The molecule has 2 rings (SSSR count). The molecule has 1 unspecified atom stereocenters. The van der Waals surface area contributed by atoms with E-state index in [-0.39, 0.29) is 6.04 Å². The van der Waals surface area contributed by atoms with E-state index in [0.717, 1.165) is 38.7 Å². The molecule has 0 aliphatic heterocycles. The van der Waals surface area contributed by atoms with Crippen molar-refractivity contribution in [3.05, 3.63) is 68.7 Å². The molecule has 20 heavy (non-hydrogen) atoms. The third-order valence-corrected chi connectivity index (χ3v) is 4.19. The molecule has 0 heterocycles. The van der Waals surface area contributed by atoms with E-state index in [0.29, 0.717) is 0 Å². The Bertz CT molecular complexity index is 611. The van der Waals surface area contributed by atoms with Crippen LogP contribution in [0.15, 0.2) is 36.4 Å². The predicted molar refractivity (Wildman–Crippen MR) is 86.1 cm³/mol. The maximum atomic E-state index is 6.28. The van der Waals surface area contributed by atoms with E-state index in [4.69, 9.17) is 29.0 Å². The first-order valence-corrected chi connectivity index (χ1v) is 7.24. The van der Waals surface area contributed by atoms with E-state index >= 15 is 0 Å². The fourth-order valence-electron chi connectivity index (χ4n) is 2.14.